The summed E-state index contributed by atoms with van der Waals surface area (Å²) in [5.41, 5.74) is 3.28. The first-order valence-corrected chi connectivity index (χ1v) is 9.91. The molecule has 152 valence electrons. The van der Waals surface area contributed by atoms with Gasteiger partial charge in [0.2, 0.25) is 0 Å². The van der Waals surface area contributed by atoms with Gasteiger partial charge < -0.3 is 14.5 Å². The molecule has 0 aliphatic heterocycles. The van der Waals surface area contributed by atoms with Crippen LogP contribution in [0.3, 0.4) is 0 Å². The number of methoxy groups -OCH3 is 2. The van der Waals surface area contributed by atoms with E-state index in [1.54, 1.807) is 14.2 Å². The minimum absolute atomic E-state index is 0.285. The van der Waals surface area contributed by atoms with Gasteiger partial charge in [-0.05, 0) is 72.4 Å². The highest BCUT2D eigenvalue weighted by atomic mass is 32.2. The molecule has 4 nitrogen and oxygen atoms in total. The average molecular weight is 424 g/mol. The molecular formula is C23H18F2N2O2S. The first kappa shape index (κ1) is 20.0. The average Bonchev–Trinajstić information content (AvgIpc) is 3.19. The molecule has 0 spiro atoms. The van der Waals surface area contributed by atoms with Crippen LogP contribution in [-0.4, -0.2) is 24.2 Å². The Balaban J connectivity index is 1.77. The van der Waals surface area contributed by atoms with Crippen LogP contribution in [0.2, 0.25) is 0 Å². The number of rotatable bonds is 6. The van der Waals surface area contributed by atoms with E-state index in [4.69, 9.17) is 9.47 Å². The van der Waals surface area contributed by atoms with Crippen molar-refractivity contribution >= 4 is 11.8 Å². The topological polar surface area (TPSA) is 47.1 Å². The van der Waals surface area contributed by atoms with Crippen molar-refractivity contribution in [2.45, 2.75) is 10.1 Å². The third-order valence-corrected chi connectivity index (χ3v) is 5.46. The van der Waals surface area contributed by atoms with E-state index in [1.807, 2.05) is 48.5 Å². The second-order valence-electron chi connectivity index (χ2n) is 6.40. The van der Waals surface area contributed by atoms with Crippen molar-refractivity contribution in [3.63, 3.8) is 0 Å². The molecular weight excluding hydrogens is 406 g/mol. The fourth-order valence-corrected chi connectivity index (χ4v) is 3.78. The molecule has 0 unspecified atom stereocenters. The van der Waals surface area contributed by atoms with Crippen molar-refractivity contribution < 1.29 is 18.3 Å². The zero-order chi connectivity index (χ0) is 21.1. The van der Waals surface area contributed by atoms with Crippen molar-refractivity contribution in [1.29, 1.82) is 0 Å². The number of aromatic amines is 1. The van der Waals surface area contributed by atoms with Gasteiger partial charge >= 0.3 is 0 Å². The van der Waals surface area contributed by atoms with Gasteiger partial charge in [-0.25, -0.2) is 13.8 Å². The number of imidazole rings is 1. The minimum atomic E-state index is -0.631. The van der Waals surface area contributed by atoms with Gasteiger partial charge in [0.15, 0.2) is 5.16 Å². The van der Waals surface area contributed by atoms with Crippen LogP contribution in [0.5, 0.6) is 11.5 Å². The Kier molecular flexibility index (Phi) is 5.72. The van der Waals surface area contributed by atoms with E-state index < -0.39 is 11.6 Å². The standard InChI is InChI=1S/C23H18F2N2O2S/c1-28-17-8-3-14(4-9-17)21-22(15-5-10-18(29-2)11-6-15)27-23(26-21)30-20-12-7-16(24)13-19(20)25/h3-13H,1-2H3,(H,26,27). The first-order valence-electron chi connectivity index (χ1n) is 9.09. The molecule has 0 saturated carbocycles. The van der Waals surface area contributed by atoms with Gasteiger partial charge in [-0.3, -0.25) is 0 Å². The Morgan fingerprint density at radius 3 is 1.97 bits per heavy atom. The highest BCUT2D eigenvalue weighted by Crippen LogP contribution is 2.36. The van der Waals surface area contributed by atoms with Crippen LogP contribution in [0.4, 0.5) is 8.78 Å². The Morgan fingerprint density at radius 2 is 1.40 bits per heavy atom. The third-order valence-electron chi connectivity index (χ3n) is 4.52. The number of benzene rings is 3. The van der Waals surface area contributed by atoms with Crippen molar-refractivity contribution in [2.75, 3.05) is 14.2 Å². The van der Waals surface area contributed by atoms with Crippen molar-refractivity contribution in [3.8, 4) is 34.0 Å². The quantitative estimate of drug-likeness (QED) is 0.401. The number of H-pyrrole nitrogens is 1. The number of hydrogen-bond acceptors (Lipinski definition) is 4. The van der Waals surface area contributed by atoms with Crippen LogP contribution in [-0.2, 0) is 0 Å². The van der Waals surface area contributed by atoms with Crippen LogP contribution < -0.4 is 9.47 Å². The van der Waals surface area contributed by atoms with Gasteiger partial charge in [-0.2, -0.15) is 0 Å². The summed E-state index contributed by atoms with van der Waals surface area (Å²) in [5.74, 6) is 0.234. The lowest BCUT2D eigenvalue weighted by Gasteiger charge is -2.06. The van der Waals surface area contributed by atoms with E-state index in [0.29, 0.717) is 10.9 Å². The molecule has 30 heavy (non-hydrogen) atoms. The molecule has 4 aromatic rings. The summed E-state index contributed by atoms with van der Waals surface area (Å²) in [5, 5.41) is 0.497. The Hall–Kier alpha value is -3.32. The van der Waals surface area contributed by atoms with Crippen molar-refractivity contribution in [2.24, 2.45) is 0 Å². The lowest BCUT2D eigenvalue weighted by atomic mass is 10.0. The molecule has 7 heteroatoms. The van der Waals surface area contributed by atoms with Crippen molar-refractivity contribution in [1.82, 2.24) is 9.97 Å². The van der Waals surface area contributed by atoms with E-state index in [0.717, 1.165) is 46.1 Å². The number of ether oxygens (including phenoxy) is 2. The molecule has 1 heterocycles. The molecule has 0 saturated heterocycles. The van der Waals surface area contributed by atoms with Gasteiger partial charge in [0, 0.05) is 17.2 Å². The molecule has 0 radical (unpaired) electrons. The van der Waals surface area contributed by atoms with Gasteiger partial charge in [0.25, 0.3) is 0 Å². The number of nitrogens with one attached hydrogen (secondary N) is 1. The van der Waals surface area contributed by atoms with Crippen LogP contribution in [0, 0.1) is 11.6 Å². The van der Waals surface area contributed by atoms with E-state index in [-0.39, 0.29) is 4.90 Å². The first-order chi connectivity index (χ1) is 14.6. The molecule has 1 aromatic heterocycles. The molecule has 4 rings (SSSR count). The van der Waals surface area contributed by atoms with Crippen LogP contribution in [0.25, 0.3) is 22.5 Å². The Labute approximate surface area is 176 Å². The minimum Gasteiger partial charge on any atom is -0.497 e. The maximum atomic E-state index is 14.1. The molecule has 1 N–H and O–H groups in total. The van der Waals surface area contributed by atoms with Gasteiger partial charge in [-0.15, -0.1) is 0 Å². The van der Waals surface area contributed by atoms with Gasteiger partial charge in [0.1, 0.15) is 23.1 Å². The fourth-order valence-electron chi connectivity index (χ4n) is 2.99. The Morgan fingerprint density at radius 1 is 0.800 bits per heavy atom. The maximum absolute atomic E-state index is 14.1. The maximum Gasteiger partial charge on any atom is 0.171 e. The van der Waals surface area contributed by atoms with E-state index in [9.17, 15) is 8.78 Å². The summed E-state index contributed by atoms with van der Waals surface area (Å²) < 4.78 is 37.8. The summed E-state index contributed by atoms with van der Waals surface area (Å²) in [7, 11) is 3.22. The number of halogens is 2. The number of hydrogen-bond donors (Lipinski definition) is 1. The summed E-state index contributed by atoms with van der Waals surface area (Å²) in [6.07, 6.45) is 0. The summed E-state index contributed by atoms with van der Waals surface area (Å²) in [6.45, 7) is 0. The third kappa shape index (κ3) is 4.16. The zero-order valence-corrected chi connectivity index (χ0v) is 17.1. The molecule has 0 bridgehead atoms. The predicted octanol–water partition coefficient (Wildman–Crippen LogP) is 6.19. The van der Waals surface area contributed by atoms with E-state index in [1.165, 1.54) is 12.1 Å². The van der Waals surface area contributed by atoms with Crippen LogP contribution in [0.15, 0.2) is 76.8 Å². The normalized spacial score (nSPS) is 10.8. The summed E-state index contributed by atoms with van der Waals surface area (Å²) in [6, 6.07) is 18.6. The van der Waals surface area contributed by atoms with Crippen molar-refractivity contribution in [3.05, 3.63) is 78.4 Å². The number of nitrogens with zero attached hydrogens (tertiary/aromatic N) is 1. The molecule has 0 aliphatic rings. The lowest BCUT2D eigenvalue weighted by Crippen LogP contribution is -1.87. The SMILES string of the molecule is COc1ccc(-c2nc(Sc3ccc(F)cc3F)[nH]c2-c2ccc(OC)cc2)cc1. The molecule has 0 aliphatic carbocycles. The van der Waals surface area contributed by atoms with Gasteiger partial charge in [0.05, 0.1) is 30.5 Å². The molecule has 0 fully saturated rings. The Bertz CT molecular complexity index is 1090. The fraction of sp³-hybridized carbons (Fsp3) is 0.0870. The largest absolute Gasteiger partial charge is 0.497 e. The van der Waals surface area contributed by atoms with Crippen LogP contribution >= 0.6 is 11.8 Å². The van der Waals surface area contributed by atoms with Gasteiger partial charge in [-0.1, -0.05) is 0 Å². The molecule has 3 aromatic carbocycles. The zero-order valence-electron chi connectivity index (χ0n) is 16.3. The number of aromatic nitrogens is 2. The van der Waals surface area contributed by atoms with Crippen LogP contribution in [0.1, 0.15) is 0 Å². The summed E-state index contributed by atoms with van der Waals surface area (Å²) >= 11 is 1.10. The lowest BCUT2D eigenvalue weighted by molar-refractivity contribution is 0.414. The monoisotopic (exact) mass is 424 g/mol. The van der Waals surface area contributed by atoms with E-state index >= 15 is 0 Å². The second kappa shape index (κ2) is 8.59. The second-order valence-corrected chi connectivity index (χ2v) is 7.43. The predicted molar refractivity (Wildman–Crippen MR) is 113 cm³/mol. The molecule has 0 amide bonds. The van der Waals surface area contributed by atoms with E-state index in [2.05, 4.69) is 9.97 Å². The highest BCUT2D eigenvalue weighted by Gasteiger charge is 2.17. The smallest absolute Gasteiger partial charge is 0.171 e. The highest BCUT2D eigenvalue weighted by molar-refractivity contribution is 7.99. The summed E-state index contributed by atoms with van der Waals surface area (Å²) in [4.78, 5) is 8.25. The molecule has 0 atom stereocenters.